The maximum absolute atomic E-state index is 12.0. The van der Waals surface area contributed by atoms with E-state index in [1.165, 1.54) is 0 Å². The van der Waals surface area contributed by atoms with Crippen molar-refractivity contribution in [2.24, 2.45) is 0 Å². The van der Waals surface area contributed by atoms with Crippen molar-refractivity contribution >= 4 is 23.4 Å². The van der Waals surface area contributed by atoms with Crippen LogP contribution in [-0.2, 0) is 6.42 Å². The van der Waals surface area contributed by atoms with Gasteiger partial charge < -0.3 is 4.98 Å². The largest absolute Gasteiger partial charge is 0.301 e. The van der Waals surface area contributed by atoms with Crippen LogP contribution in [-0.4, -0.2) is 9.97 Å². The smallest absolute Gasteiger partial charge is 0.251 e. The summed E-state index contributed by atoms with van der Waals surface area (Å²) in [6, 6.07) is 19.6. The summed E-state index contributed by atoms with van der Waals surface area (Å²) in [5.74, 6) is 0. The summed E-state index contributed by atoms with van der Waals surface area (Å²) in [5, 5.41) is 1.37. The van der Waals surface area contributed by atoms with E-state index < -0.39 is 0 Å². The van der Waals surface area contributed by atoms with Crippen LogP contribution >= 0.6 is 23.4 Å². The molecule has 1 N–H and O–H groups in total. The van der Waals surface area contributed by atoms with Gasteiger partial charge in [-0.1, -0.05) is 79.2 Å². The highest BCUT2D eigenvalue weighted by Gasteiger charge is 2.17. The van der Waals surface area contributed by atoms with Crippen molar-refractivity contribution < 1.29 is 0 Å². The summed E-state index contributed by atoms with van der Waals surface area (Å²) in [7, 11) is 0. The number of hydrogen-bond acceptors (Lipinski definition) is 3. The van der Waals surface area contributed by atoms with E-state index in [9.17, 15) is 4.79 Å². The lowest BCUT2D eigenvalue weighted by molar-refractivity contribution is 0.814. The summed E-state index contributed by atoms with van der Waals surface area (Å²) in [6.45, 7) is 2.08. The van der Waals surface area contributed by atoms with E-state index in [0.717, 1.165) is 29.7 Å². The molecule has 3 rings (SSSR count). The number of nitrogens with one attached hydrogen (secondary N) is 1. The first-order valence-electron chi connectivity index (χ1n) is 8.23. The first kappa shape index (κ1) is 17.8. The Bertz CT molecular complexity index is 878. The highest BCUT2D eigenvalue weighted by molar-refractivity contribution is 7.99. The number of aromatic amines is 1. The predicted molar refractivity (Wildman–Crippen MR) is 104 cm³/mol. The van der Waals surface area contributed by atoms with Gasteiger partial charge in [0.1, 0.15) is 0 Å². The molecule has 0 saturated heterocycles. The molecule has 0 aliphatic heterocycles. The zero-order valence-corrected chi connectivity index (χ0v) is 15.5. The Morgan fingerprint density at radius 2 is 1.76 bits per heavy atom. The minimum atomic E-state index is -0.108. The number of halogens is 1. The van der Waals surface area contributed by atoms with E-state index in [4.69, 9.17) is 11.6 Å². The second kappa shape index (κ2) is 8.37. The van der Waals surface area contributed by atoms with E-state index >= 15 is 0 Å². The van der Waals surface area contributed by atoms with Gasteiger partial charge in [-0.15, -0.1) is 0 Å². The molecule has 0 radical (unpaired) electrons. The number of benzene rings is 2. The molecule has 0 aliphatic carbocycles. The van der Waals surface area contributed by atoms with Gasteiger partial charge in [-0.05, 0) is 29.7 Å². The maximum atomic E-state index is 12.0. The zero-order chi connectivity index (χ0) is 17.6. The molecule has 25 heavy (non-hydrogen) atoms. The lowest BCUT2D eigenvalue weighted by Gasteiger charge is -2.17. The second-order valence-electron chi connectivity index (χ2n) is 5.75. The van der Waals surface area contributed by atoms with Crippen LogP contribution in [0.2, 0.25) is 5.02 Å². The molecule has 128 valence electrons. The van der Waals surface area contributed by atoms with Crippen molar-refractivity contribution in [3.63, 3.8) is 0 Å². The third-order valence-electron chi connectivity index (χ3n) is 3.78. The van der Waals surface area contributed by atoms with Gasteiger partial charge in [-0.25, -0.2) is 4.98 Å². The summed E-state index contributed by atoms with van der Waals surface area (Å²) >= 11 is 7.58. The molecular weight excluding hydrogens is 352 g/mol. The van der Waals surface area contributed by atoms with Crippen molar-refractivity contribution in [1.29, 1.82) is 0 Å². The van der Waals surface area contributed by atoms with Crippen molar-refractivity contribution in [3.8, 4) is 0 Å². The molecule has 3 aromatic rings. The molecule has 1 heterocycles. The van der Waals surface area contributed by atoms with E-state index in [1.807, 2.05) is 42.5 Å². The van der Waals surface area contributed by atoms with Gasteiger partial charge in [0.15, 0.2) is 5.16 Å². The van der Waals surface area contributed by atoms with Gasteiger partial charge in [-0.3, -0.25) is 4.79 Å². The van der Waals surface area contributed by atoms with Gasteiger partial charge in [0.05, 0.1) is 5.25 Å². The van der Waals surface area contributed by atoms with Crippen LogP contribution in [0.5, 0.6) is 0 Å². The monoisotopic (exact) mass is 370 g/mol. The Kier molecular flexibility index (Phi) is 5.95. The van der Waals surface area contributed by atoms with Crippen molar-refractivity contribution in [2.75, 3.05) is 0 Å². The molecule has 0 fully saturated rings. The molecule has 5 heteroatoms. The standard InChI is InChI=1S/C20H19ClN2OS/c1-2-6-17-13-18(24)23-20(22-17)25-19(14-7-4-3-5-8-14)15-9-11-16(21)12-10-15/h3-5,7-13,19H,2,6H2,1H3,(H,22,23,24)/t19-/m0/s1. The summed E-state index contributed by atoms with van der Waals surface area (Å²) in [4.78, 5) is 19.4. The third-order valence-corrected chi connectivity index (χ3v) is 5.23. The van der Waals surface area contributed by atoms with Crippen LogP contribution in [0.25, 0.3) is 0 Å². The Balaban J connectivity index is 1.98. The van der Waals surface area contributed by atoms with Gasteiger partial charge in [0, 0.05) is 16.8 Å². The fraction of sp³-hybridized carbons (Fsp3) is 0.200. The number of hydrogen-bond donors (Lipinski definition) is 1. The summed E-state index contributed by atoms with van der Waals surface area (Å²) in [6.07, 6.45) is 1.76. The van der Waals surface area contributed by atoms with Crippen molar-refractivity contribution in [1.82, 2.24) is 9.97 Å². The first-order valence-corrected chi connectivity index (χ1v) is 9.49. The van der Waals surface area contributed by atoms with Gasteiger partial charge in [0.2, 0.25) is 0 Å². The maximum Gasteiger partial charge on any atom is 0.251 e. The number of nitrogens with zero attached hydrogens (tertiary/aromatic N) is 1. The van der Waals surface area contributed by atoms with Gasteiger partial charge in [0.25, 0.3) is 5.56 Å². The molecular formula is C20H19ClN2OS. The number of rotatable bonds is 6. The van der Waals surface area contributed by atoms with E-state index in [-0.39, 0.29) is 10.8 Å². The number of thioether (sulfide) groups is 1. The van der Waals surface area contributed by atoms with Crippen LogP contribution in [0.3, 0.4) is 0 Å². The van der Waals surface area contributed by atoms with Crippen molar-refractivity contribution in [3.05, 3.63) is 92.9 Å². The molecule has 0 saturated carbocycles. The molecule has 1 aromatic heterocycles. The quantitative estimate of drug-likeness (QED) is 0.475. The Hall–Kier alpha value is -2.04. The molecule has 0 bridgehead atoms. The Labute approximate surface area is 156 Å². The van der Waals surface area contributed by atoms with Crippen LogP contribution in [0, 0.1) is 0 Å². The average molecular weight is 371 g/mol. The van der Waals surface area contributed by atoms with Crippen LogP contribution < -0.4 is 5.56 Å². The summed E-state index contributed by atoms with van der Waals surface area (Å²) < 4.78 is 0. The number of aryl methyl sites for hydroxylation is 1. The minimum absolute atomic E-state index is 0.0264. The lowest BCUT2D eigenvalue weighted by atomic mass is 10.0. The van der Waals surface area contributed by atoms with E-state index in [2.05, 4.69) is 29.0 Å². The van der Waals surface area contributed by atoms with Crippen LogP contribution in [0.4, 0.5) is 0 Å². The van der Waals surface area contributed by atoms with Crippen molar-refractivity contribution in [2.45, 2.75) is 30.2 Å². The molecule has 0 unspecified atom stereocenters. The molecule has 0 aliphatic rings. The third kappa shape index (κ3) is 4.74. The molecule has 0 spiro atoms. The number of aromatic nitrogens is 2. The van der Waals surface area contributed by atoms with E-state index in [1.54, 1.807) is 17.8 Å². The fourth-order valence-corrected chi connectivity index (χ4v) is 3.89. The van der Waals surface area contributed by atoms with Gasteiger partial charge >= 0.3 is 0 Å². The van der Waals surface area contributed by atoms with Gasteiger partial charge in [-0.2, -0.15) is 0 Å². The fourth-order valence-electron chi connectivity index (χ4n) is 2.63. The summed E-state index contributed by atoms with van der Waals surface area (Å²) in [5.41, 5.74) is 2.99. The highest BCUT2D eigenvalue weighted by atomic mass is 35.5. The normalized spacial score (nSPS) is 12.1. The molecule has 2 aromatic carbocycles. The molecule has 1 atom stereocenters. The molecule has 0 amide bonds. The topological polar surface area (TPSA) is 45.8 Å². The van der Waals surface area contributed by atoms with Crippen LogP contribution in [0.15, 0.2) is 70.6 Å². The SMILES string of the molecule is CCCc1cc(=O)[nH]c(S[C@@H](c2ccccc2)c2ccc(Cl)cc2)n1. The second-order valence-corrected chi connectivity index (χ2v) is 7.28. The molecule has 3 nitrogen and oxygen atoms in total. The average Bonchev–Trinajstić information content (AvgIpc) is 2.61. The number of H-pyrrole nitrogens is 1. The first-order chi connectivity index (χ1) is 12.2. The highest BCUT2D eigenvalue weighted by Crippen LogP contribution is 2.39. The predicted octanol–water partition coefficient (Wildman–Crippen LogP) is 5.26. The Morgan fingerprint density at radius 1 is 1.08 bits per heavy atom. The minimum Gasteiger partial charge on any atom is -0.301 e. The lowest BCUT2D eigenvalue weighted by Crippen LogP contribution is -2.11. The van der Waals surface area contributed by atoms with E-state index in [0.29, 0.717) is 10.2 Å². The Morgan fingerprint density at radius 3 is 2.44 bits per heavy atom. The van der Waals surface area contributed by atoms with Crippen LogP contribution in [0.1, 0.15) is 35.4 Å². The zero-order valence-electron chi connectivity index (χ0n) is 13.9.